The van der Waals surface area contributed by atoms with Gasteiger partial charge in [-0.05, 0) is 22.3 Å². The first kappa shape index (κ1) is 15.6. The van der Waals surface area contributed by atoms with Crippen LogP contribution in [0, 0.1) is 5.41 Å². The highest BCUT2D eigenvalue weighted by Crippen LogP contribution is 2.32. The van der Waals surface area contributed by atoms with E-state index in [1.54, 1.807) is 4.68 Å². The molecular formula is C13H24N4O2. The molecule has 1 N–H and O–H groups in total. The van der Waals surface area contributed by atoms with Crippen LogP contribution in [0.3, 0.4) is 0 Å². The maximum absolute atomic E-state index is 11.1. The second-order valence-electron chi connectivity index (χ2n) is 7.21. The molecule has 0 amide bonds. The normalized spacial score (nSPS) is 14.4. The highest BCUT2D eigenvalue weighted by atomic mass is 16.4. The lowest BCUT2D eigenvalue weighted by Gasteiger charge is -2.27. The topological polar surface area (TPSA) is 80.9 Å². The first-order valence-electron chi connectivity index (χ1n) is 6.51. The third kappa shape index (κ3) is 4.61. The zero-order chi connectivity index (χ0) is 14.8. The molecule has 6 heteroatoms. The molecular weight excluding hydrogens is 244 g/mol. The van der Waals surface area contributed by atoms with Gasteiger partial charge in [-0.2, -0.15) is 0 Å². The Morgan fingerprint density at radius 3 is 2.26 bits per heavy atom. The number of carboxylic acid groups (broad SMARTS) is 1. The van der Waals surface area contributed by atoms with Gasteiger partial charge >= 0.3 is 5.97 Å². The average molecular weight is 268 g/mol. The average Bonchev–Trinajstić information content (AvgIpc) is 2.60. The standard InChI is InChI=1S/C13H24N4O2/c1-12(2,3)8-9(7-10(18)19)17-11(13(4,5)6)14-15-16-17/h9H,7-8H2,1-6H3,(H,18,19). The van der Waals surface area contributed by atoms with E-state index in [4.69, 9.17) is 5.11 Å². The number of hydrogen-bond donors (Lipinski definition) is 1. The molecule has 0 radical (unpaired) electrons. The number of aromatic nitrogens is 4. The Balaban J connectivity index is 3.11. The van der Waals surface area contributed by atoms with E-state index in [9.17, 15) is 4.79 Å². The molecule has 1 atom stereocenters. The summed E-state index contributed by atoms with van der Waals surface area (Å²) in [4.78, 5) is 11.1. The Kier molecular flexibility index (Phi) is 4.32. The predicted octanol–water partition coefficient (Wildman–Crippen LogP) is 2.42. The maximum Gasteiger partial charge on any atom is 0.305 e. The Bertz CT molecular complexity index is 440. The van der Waals surface area contributed by atoms with Crippen LogP contribution >= 0.6 is 0 Å². The molecule has 6 nitrogen and oxygen atoms in total. The highest BCUT2D eigenvalue weighted by Gasteiger charge is 2.30. The van der Waals surface area contributed by atoms with Crippen molar-refractivity contribution in [1.82, 2.24) is 20.2 Å². The molecule has 1 rings (SSSR count). The minimum absolute atomic E-state index is 0.0151. The molecule has 1 unspecified atom stereocenters. The van der Waals surface area contributed by atoms with Crippen LogP contribution in [0.2, 0.25) is 0 Å². The van der Waals surface area contributed by atoms with Gasteiger partial charge in [-0.3, -0.25) is 4.79 Å². The molecule has 0 fully saturated rings. The third-order valence-electron chi connectivity index (χ3n) is 2.77. The van der Waals surface area contributed by atoms with Crippen molar-refractivity contribution in [1.29, 1.82) is 0 Å². The van der Waals surface area contributed by atoms with E-state index in [0.717, 1.165) is 5.82 Å². The lowest BCUT2D eigenvalue weighted by Crippen LogP contribution is -2.27. The summed E-state index contributed by atoms with van der Waals surface area (Å²) >= 11 is 0. The minimum atomic E-state index is -0.829. The smallest absolute Gasteiger partial charge is 0.305 e. The summed E-state index contributed by atoms with van der Waals surface area (Å²) in [7, 11) is 0. The van der Waals surface area contributed by atoms with E-state index < -0.39 is 5.97 Å². The summed E-state index contributed by atoms with van der Waals surface area (Å²) in [6.07, 6.45) is 0.749. The number of nitrogens with zero attached hydrogens (tertiary/aromatic N) is 4. The Morgan fingerprint density at radius 1 is 1.26 bits per heavy atom. The van der Waals surface area contributed by atoms with Gasteiger partial charge in [0.2, 0.25) is 0 Å². The van der Waals surface area contributed by atoms with Crippen molar-refractivity contribution in [3.8, 4) is 0 Å². The molecule has 0 aromatic carbocycles. The lowest BCUT2D eigenvalue weighted by atomic mass is 9.86. The number of tetrazole rings is 1. The number of carbonyl (C=O) groups is 1. The lowest BCUT2D eigenvalue weighted by molar-refractivity contribution is -0.138. The van der Waals surface area contributed by atoms with Crippen molar-refractivity contribution >= 4 is 5.97 Å². The van der Waals surface area contributed by atoms with Gasteiger partial charge in [0.25, 0.3) is 0 Å². The first-order chi connectivity index (χ1) is 8.50. The molecule has 0 saturated heterocycles. The van der Waals surface area contributed by atoms with Crippen molar-refractivity contribution in [2.24, 2.45) is 5.41 Å². The Labute approximate surface area is 114 Å². The molecule has 0 spiro atoms. The van der Waals surface area contributed by atoms with Crippen LogP contribution in [0.4, 0.5) is 0 Å². The number of aliphatic carboxylic acids is 1. The van der Waals surface area contributed by atoms with Crippen LogP contribution in [0.25, 0.3) is 0 Å². The molecule has 0 aliphatic carbocycles. The number of carboxylic acids is 1. The van der Waals surface area contributed by atoms with Crippen molar-refractivity contribution < 1.29 is 9.90 Å². The molecule has 1 aromatic heterocycles. The van der Waals surface area contributed by atoms with Gasteiger partial charge in [0.05, 0.1) is 12.5 Å². The fourth-order valence-corrected chi connectivity index (χ4v) is 2.09. The molecule has 108 valence electrons. The summed E-state index contributed by atoms with van der Waals surface area (Å²) in [5.74, 6) is -0.104. The molecule has 19 heavy (non-hydrogen) atoms. The summed E-state index contributed by atoms with van der Waals surface area (Å²) in [6.45, 7) is 12.3. The van der Waals surface area contributed by atoms with Crippen LogP contribution in [0.5, 0.6) is 0 Å². The van der Waals surface area contributed by atoms with E-state index in [2.05, 4.69) is 36.3 Å². The van der Waals surface area contributed by atoms with Crippen LogP contribution < -0.4 is 0 Å². The van der Waals surface area contributed by atoms with E-state index in [-0.39, 0.29) is 23.3 Å². The van der Waals surface area contributed by atoms with Crippen LogP contribution in [0.1, 0.15) is 66.3 Å². The van der Waals surface area contributed by atoms with E-state index in [1.807, 2.05) is 20.8 Å². The monoisotopic (exact) mass is 268 g/mol. The van der Waals surface area contributed by atoms with Crippen molar-refractivity contribution in [2.75, 3.05) is 0 Å². The van der Waals surface area contributed by atoms with Crippen LogP contribution in [-0.2, 0) is 10.2 Å². The summed E-state index contributed by atoms with van der Waals surface area (Å²) < 4.78 is 1.68. The summed E-state index contributed by atoms with van der Waals surface area (Å²) in [5, 5.41) is 20.9. The van der Waals surface area contributed by atoms with Crippen LogP contribution in [0.15, 0.2) is 0 Å². The van der Waals surface area contributed by atoms with E-state index in [1.165, 1.54) is 0 Å². The number of hydrogen-bond acceptors (Lipinski definition) is 4. The molecule has 0 bridgehead atoms. The quantitative estimate of drug-likeness (QED) is 0.907. The molecule has 0 saturated carbocycles. The Morgan fingerprint density at radius 2 is 1.84 bits per heavy atom. The minimum Gasteiger partial charge on any atom is -0.481 e. The van der Waals surface area contributed by atoms with Gasteiger partial charge < -0.3 is 5.11 Å². The number of rotatable bonds is 4. The van der Waals surface area contributed by atoms with Gasteiger partial charge in [0.1, 0.15) is 0 Å². The predicted molar refractivity (Wildman–Crippen MR) is 71.9 cm³/mol. The fraction of sp³-hybridized carbons (Fsp3) is 0.846. The second-order valence-corrected chi connectivity index (χ2v) is 7.21. The van der Waals surface area contributed by atoms with Gasteiger partial charge in [0.15, 0.2) is 5.82 Å². The molecule has 0 aliphatic heterocycles. The van der Waals surface area contributed by atoms with Crippen molar-refractivity contribution in [3.63, 3.8) is 0 Å². The first-order valence-corrected chi connectivity index (χ1v) is 6.51. The van der Waals surface area contributed by atoms with Gasteiger partial charge in [-0.25, -0.2) is 4.68 Å². The van der Waals surface area contributed by atoms with Crippen LogP contribution in [-0.4, -0.2) is 31.3 Å². The van der Waals surface area contributed by atoms with Gasteiger partial charge in [-0.15, -0.1) is 5.10 Å². The fourth-order valence-electron chi connectivity index (χ4n) is 2.09. The highest BCUT2D eigenvalue weighted by molar-refractivity contribution is 5.67. The summed E-state index contributed by atoms with van der Waals surface area (Å²) in [5.41, 5.74) is -0.195. The molecule has 1 aromatic rings. The second kappa shape index (κ2) is 5.27. The molecule has 1 heterocycles. The maximum atomic E-state index is 11.1. The van der Waals surface area contributed by atoms with Crippen molar-refractivity contribution in [3.05, 3.63) is 5.82 Å². The van der Waals surface area contributed by atoms with E-state index in [0.29, 0.717) is 6.42 Å². The summed E-state index contributed by atoms with van der Waals surface area (Å²) in [6, 6.07) is -0.221. The van der Waals surface area contributed by atoms with Gasteiger partial charge in [-0.1, -0.05) is 41.5 Å². The zero-order valence-electron chi connectivity index (χ0n) is 12.6. The zero-order valence-corrected chi connectivity index (χ0v) is 12.6. The Hall–Kier alpha value is -1.46. The van der Waals surface area contributed by atoms with Gasteiger partial charge in [0, 0.05) is 5.41 Å². The van der Waals surface area contributed by atoms with E-state index >= 15 is 0 Å². The molecule has 0 aliphatic rings. The SMILES string of the molecule is CC(C)(C)CC(CC(=O)O)n1nnnc1C(C)(C)C. The van der Waals surface area contributed by atoms with Crippen molar-refractivity contribution in [2.45, 2.75) is 65.8 Å². The largest absolute Gasteiger partial charge is 0.481 e. The third-order valence-corrected chi connectivity index (χ3v) is 2.77.